The van der Waals surface area contributed by atoms with E-state index in [4.69, 9.17) is 4.74 Å². The van der Waals surface area contributed by atoms with Crippen molar-refractivity contribution < 1.29 is 23.9 Å². The van der Waals surface area contributed by atoms with Crippen LogP contribution < -0.4 is 10.2 Å². The Kier molecular flexibility index (Phi) is 9.05. The minimum absolute atomic E-state index is 0.0405. The fourth-order valence-corrected chi connectivity index (χ4v) is 5.93. The largest absolute Gasteiger partial charge is 0.466 e. The maximum Gasteiger partial charge on any atom is 0.306 e. The Bertz CT molecular complexity index is 955. The number of ether oxygens (including phenoxy) is 1. The molecular formula is C28H40N4O5. The molecule has 1 aromatic carbocycles. The molecule has 3 amide bonds. The number of nitrogens with zero attached hydrogens (tertiary/aromatic N) is 3. The highest BCUT2D eigenvalue weighted by Crippen LogP contribution is 2.39. The molecule has 1 spiro atoms. The van der Waals surface area contributed by atoms with Gasteiger partial charge in [-0.05, 0) is 50.7 Å². The van der Waals surface area contributed by atoms with E-state index in [1.165, 1.54) is 19.3 Å². The lowest BCUT2D eigenvalue weighted by Crippen LogP contribution is -2.57. The summed E-state index contributed by atoms with van der Waals surface area (Å²) in [6, 6.07) is 9.80. The van der Waals surface area contributed by atoms with Gasteiger partial charge in [0, 0.05) is 31.7 Å². The molecule has 1 N–H and O–H groups in total. The molecule has 0 unspecified atom stereocenters. The topological polar surface area (TPSA) is 99.3 Å². The van der Waals surface area contributed by atoms with Gasteiger partial charge in [-0.1, -0.05) is 37.5 Å². The molecule has 37 heavy (non-hydrogen) atoms. The second-order valence-corrected chi connectivity index (χ2v) is 10.4. The van der Waals surface area contributed by atoms with Gasteiger partial charge >= 0.3 is 5.97 Å². The Morgan fingerprint density at radius 1 is 1.03 bits per heavy atom. The number of nitrogens with one attached hydrogen (secondary N) is 1. The van der Waals surface area contributed by atoms with Crippen molar-refractivity contribution in [3.8, 4) is 0 Å². The Balaban J connectivity index is 1.39. The summed E-state index contributed by atoms with van der Waals surface area (Å²) < 4.78 is 4.93. The summed E-state index contributed by atoms with van der Waals surface area (Å²) in [4.78, 5) is 56.5. The summed E-state index contributed by atoms with van der Waals surface area (Å²) in [5.74, 6) is -0.107. The van der Waals surface area contributed by atoms with Crippen LogP contribution in [0.1, 0.15) is 64.7 Å². The van der Waals surface area contributed by atoms with Gasteiger partial charge in [0.25, 0.3) is 5.91 Å². The molecule has 2 aliphatic heterocycles. The number of rotatable bonds is 9. The van der Waals surface area contributed by atoms with Crippen LogP contribution in [0.25, 0.3) is 0 Å². The lowest BCUT2D eigenvalue weighted by Gasteiger charge is -2.43. The Morgan fingerprint density at radius 2 is 1.73 bits per heavy atom. The van der Waals surface area contributed by atoms with Crippen molar-refractivity contribution in [1.82, 2.24) is 15.1 Å². The van der Waals surface area contributed by atoms with Crippen molar-refractivity contribution >= 4 is 29.4 Å². The predicted molar refractivity (Wildman–Crippen MR) is 139 cm³/mol. The highest BCUT2D eigenvalue weighted by atomic mass is 16.5. The number of anilines is 1. The van der Waals surface area contributed by atoms with Crippen LogP contribution in [0.15, 0.2) is 30.3 Å². The molecule has 9 nitrogen and oxygen atoms in total. The van der Waals surface area contributed by atoms with Crippen molar-refractivity contribution in [2.75, 3.05) is 44.4 Å². The number of esters is 1. The van der Waals surface area contributed by atoms with Gasteiger partial charge in [-0.3, -0.25) is 19.2 Å². The average Bonchev–Trinajstić information content (AvgIpc) is 3.18. The third kappa shape index (κ3) is 6.43. The van der Waals surface area contributed by atoms with Gasteiger partial charge in [-0.15, -0.1) is 0 Å². The van der Waals surface area contributed by atoms with Gasteiger partial charge in [0.05, 0.1) is 19.7 Å². The maximum atomic E-state index is 13.8. The van der Waals surface area contributed by atoms with Crippen LogP contribution in [0.4, 0.5) is 5.69 Å². The first-order chi connectivity index (χ1) is 17.9. The maximum absolute atomic E-state index is 13.8. The van der Waals surface area contributed by atoms with Crippen LogP contribution >= 0.6 is 0 Å². The first kappa shape index (κ1) is 26.9. The molecule has 0 atom stereocenters. The second-order valence-electron chi connectivity index (χ2n) is 10.4. The molecule has 9 heteroatoms. The molecule has 2 saturated heterocycles. The van der Waals surface area contributed by atoms with Crippen LogP contribution in [-0.4, -0.2) is 78.5 Å². The number of amides is 3. The quantitative estimate of drug-likeness (QED) is 0.511. The lowest BCUT2D eigenvalue weighted by atomic mass is 9.85. The standard InChI is InChI=1S/C28H40N4O5/c1-2-37-26(35)14-13-25(34)30-17-15-28(16-18-30)27(36)31(21-32(28)23-11-7-4-8-12-23)20-24(33)29-19-22-9-5-3-6-10-22/h4,7-8,11-12,22H,2-3,5-6,9-10,13-21H2,1H3,(H,29,33). The van der Waals surface area contributed by atoms with E-state index >= 15 is 0 Å². The zero-order chi connectivity index (χ0) is 26.3. The molecule has 0 aromatic heterocycles. The molecule has 3 fully saturated rings. The smallest absolute Gasteiger partial charge is 0.306 e. The van der Waals surface area contributed by atoms with E-state index in [0.717, 1.165) is 18.5 Å². The van der Waals surface area contributed by atoms with E-state index < -0.39 is 5.54 Å². The number of hydrogen-bond donors (Lipinski definition) is 1. The molecule has 0 bridgehead atoms. The average molecular weight is 513 g/mol. The summed E-state index contributed by atoms with van der Waals surface area (Å²) in [5.41, 5.74) is 0.145. The van der Waals surface area contributed by atoms with Gasteiger partial charge in [0.2, 0.25) is 11.8 Å². The van der Waals surface area contributed by atoms with Crippen molar-refractivity contribution in [2.45, 2.75) is 70.3 Å². The molecule has 3 aliphatic rings. The highest BCUT2D eigenvalue weighted by Gasteiger charge is 2.54. The van der Waals surface area contributed by atoms with E-state index in [2.05, 4.69) is 10.2 Å². The molecule has 1 saturated carbocycles. The molecule has 0 radical (unpaired) electrons. The lowest BCUT2D eigenvalue weighted by molar-refractivity contribution is -0.146. The van der Waals surface area contributed by atoms with E-state index in [0.29, 0.717) is 51.7 Å². The number of hydrogen-bond acceptors (Lipinski definition) is 6. The van der Waals surface area contributed by atoms with E-state index in [1.54, 1.807) is 16.7 Å². The third-order valence-corrected chi connectivity index (χ3v) is 8.02. The summed E-state index contributed by atoms with van der Waals surface area (Å²) in [7, 11) is 0. The fraction of sp³-hybridized carbons (Fsp3) is 0.643. The molecule has 1 aromatic rings. The highest BCUT2D eigenvalue weighted by molar-refractivity contribution is 5.96. The molecular weight excluding hydrogens is 472 g/mol. The number of benzene rings is 1. The number of carbonyl (C=O) groups excluding carboxylic acids is 4. The van der Waals surface area contributed by atoms with Crippen LogP contribution in [0.3, 0.4) is 0 Å². The number of likely N-dealkylation sites (tertiary alicyclic amines) is 1. The van der Waals surface area contributed by atoms with Gasteiger partial charge in [-0.25, -0.2) is 0 Å². The number of para-hydroxylation sites is 1. The first-order valence-electron chi connectivity index (χ1n) is 13.7. The molecule has 4 rings (SSSR count). The van der Waals surface area contributed by atoms with E-state index in [-0.39, 0.29) is 43.1 Å². The van der Waals surface area contributed by atoms with Crippen molar-refractivity contribution in [3.05, 3.63) is 30.3 Å². The van der Waals surface area contributed by atoms with Gasteiger partial charge in [0.1, 0.15) is 12.1 Å². The monoisotopic (exact) mass is 512 g/mol. The minimum atomic E-state index is -0.789. The molecule has 202 valence electrons. The minimum Gasteiger partial charge on any atom is -0.466 e. The molecule has 1 aliphatic carbocycles. The van der Waals surface area contributed by atoms with Crippen LogP contribution in [0.5, 0.6) is 0 Å². The second kappa shape index (κ2) is 12.4. The summed E-state index contributed by atoms with van der Waals surface area (Å²) >= 11 is 0. The summed E-state index contributed by atoms with van der Waals surface area (Å²) in [6.45, 7) is 3.96. The van der Waals surface area contributed by atoms with Gasteiger partial charge in [-0.2, -0.15) is 0 Å². The van der Waals surface area contributed by atoms with E-state index in [1.807, 2.05) is 30.3 Å². The van der Waals surface area contributed by atoms with Crippen molar-refractivity contribution in [2.24, 2.45) is 5.92 Å². The van der Waals surface area contributed by atoms with Crippen molar-refractivity contribution in [3.63, 3.8) is 0 Å². The fourth-order valence-electron chi connectivity index (χ4n) is 5.93. The summed E-state index contributed by atoms with van der Waals surface area (Å²) in [6.07, 6.45) is 7.16. The summed E-state index contributed by atoms with van der Waals surface area (Å²) in [5, 5.41) is 3.06. The van der Waals surface area contributed by atoms with Gasteiger partial charge < -0.3 is 24.8 Å². The number of carbonyl (C=O) groups is 4. The zero-order valence-corrected chi connectivity index (χ0v) is 22.0. The Hall–Kier alpha value is -3.10. The van der Waals surface area contributed by atoms with E-state index in [9.17, 15) is 19.2 Å². The van der Waals surface area contributed by atoms with Gasteiger partial charge in [0.15, 0.2) is 0 Å². The number of piperidine rings is 1. The van der Waals surface area contributed by atoms with Crippen LogP contribution in [-0.2, 0) is 23.9 Å². The predicted octanol–water partition coefficient (Wildman–Crippen LogP) is 2.69. The Labute approximate surface area is 219 Å². The van der Waals surface area contributed by atoms with Crippen LogP contribution in [0, 0.1) is 5.92 Å². The third-order valence-electron chi connectivity index (χ3n) is 8.02. The Morgan fingerprint density at radius 3 is 2.41 bits per heavy atom. The first-order valence-corrected chi connectivity index (χ1v) is 13.7. The SMILES string of the molecule is CCOC(=O)CCC(=O)N1CCC2(CC1)C(=O)N(CC(=O)NCC1CCCCC1)CN2c1ccccc1. The van der Waals surface area contributed by atoms with Crippen molar-refractivity contribution in [1.29, 1.82) is 0 Å². The normalized spacial score (nSPS) is 19.8. The zero-order valence-electron chi connectivity index (χ0n) is 22.0. The molecule has 2 heterocycles. The van der Waals surface area contributed by atoms with Crippen LogP contribution in [0.2, 0.25) is 0 Å².